The first-order chi connectivity index (χ1) is 9.20. The number of aryl methyl sites for hydroxylation is 1. The van der Waals surface area contributed by atoms with E-state index in [1.165, 1.54) is 11.5 Å². The number of rotatable bonds is 3. The zero-order chi connectivity index (χ0) is 15.0. The monoisotopic (exact) mass is 318 g/mol. The lowest BCUT2D eigenvalue weighted by Crippen LogP contribution is -2.48. The summed E-state index contributed by atoms with van der Waals surface area (Å²) in [7, 11) is -3.21. The number of hydrogen-bond donors (Lipinski definition) is 1. The molecule has 0 radical (unpaired) electrons. The minimum absolute atomic E-state index is 0.272. The molecular formula is C12H22N4O2S2. The van der Waals surface area contributed by atoms with Crippen LogP contribution in [0.2, 0.25) is 0 Å². The molecule has 2 rings (SSSR count). The zero-order valence-electron chi connectivity index (χ0n) is 12.4. The third-order valence-corrected chi connectivity index (χ3v) is 6.75. The highest BCUT2D eigenvalue weighted by Gasteiger charge is 2.37. The average molecular weight is 318 g/mol. The predicted molar refractivity (Wildman–Crippen MR) is 81.5 cm³/mol. The molecule has 0 unspecified atom stereocenters. The van der Waals surface area contributed by atoms with Crippen molar-refractivity contribution in [2.45, 2.75) is 51.3 Å². The van der Waals surface area contributed by atoms with Crippen LogP contribution < -0.4 is 5.32 Å². The summed E-state index contributed by atoms with van der Waals surface area (Å²) in [5, 5.41) is 4.15. The standard InChI is InChI=1S/C12H22N4O2S2/c1-9-13-11(19-15-9)14-10-5-7-16(8-6-10)20(17,18)12(2,3)4/h10H,5-8H2,1-4H3,(H,13,14,15). The van der Waals surface area contributed by atoms with Crippen LogP contribution in [0.15, 0.2) is 0 Å². The van der Waals surface area contributed by atoms with Gasteiger partial charge in [-0.1, -0.05) is 0 Å². The molecule has 2 heterocycles. The smallest absolute Gasteiger partial charge is 0.219 e. The van der Waals surface area contributed by atoms with Crippen LogP contribution in [-0.4, -0.2) is 46.0 Å². The largest absolute Gasteiger partial charge is 0.357 e. The van der Waals surface area contributed by atoms with E-state index in [1.807, 2.05) is 6.92 Å². The summed E-state index contributed by atoms with van der Waals surface area (Å²) in [6.45, 7) is 8.23. The van der Waals surface area contributed by atoms with Gasteiger partial charge < -0.3 is 5.32 Å². The Bertz CT molecular complexity index is 554. The lowest BCUT2D eigenvalue weighted by molar-refractivity contribution is 0.321. The Morgan fingerprint density at radius 3 is 2.35 bits per heavy atom. The van der Waals surface area contributed by atoms with Crippen LogP contribution in [0, 0.1) is 6.92 Å². The molecule has 1 fully saturated rings. The van der Waals surface area contributed by atoms with Crippen molar-refractivity contribution in [3.8, 4) is 0 Å². The number of nitrogens with one attached hydrogen (secondary N) is 1. The van der Waals surface area contributed by atoms with E-state index in [0.29, 0.717) is 13.1 Å². The number of hydrogen-bond acceptors (Lipinski definition) is 6. The molecule has 0 aliphatic carbocycles. The van der Waals surface area contributed by atoms with Gasteiger partial charge >= 0.3 is 0 Å². The summed E-state index contributed by atoms with van der Waals surface area (Å²) in [5.41, 5.74) is 0. The molecule has 1 aliphatic rings. The van der Waals surface area contributed by atoms with Gasteiger partial charge in [0.2, 0.25) is 15.2 Å². The number of sulfonamides is 1. The maximum atomic E-state index is 12.4. The van der Waals surface area contributed by atoms with Crippen LogP contribution in [0.5, 0.6) is 0 Å². The highest BCUT2D eigenvalue weighted by Crippen LogP contribution is 2.25. The molecule has 1 aliphatic heterocycles. The van der Waals surface area contributed by atoms with Crippen LogP contribution in [0.3, 0.4) is 0 Å². The zero-order valence-corrected chi connectivity index (χ0v) is 14.0. The third kappa shape index (κ3) is 3.29. The molecule has 8 heteroatoms. The van der Waals surface area contributed by atoms with Gasteiger partial charge in [0.05, 0.1) is 4.75 Å². The maximum absolute atomic E-state index is 12.4. The van der Waals surface area contributed by atoms with E-state index in [1.54, 1.807) is 25.1 Å². The van der Waals surface area contributed by atoms with Gasteiger partial charge in [-0.3, -0.25) is 0 Å². The highest BCUT2D eigenvalue weighted by atomic mass is 32.2. The quantitative estimate of drug-likeness (QED) is 0.920. The number of anilines is 1. The molecule has 6 nitrogen and oxygen atoms in total. The van der Waals surface area contributed by atoms with Crippen molar-refractivity contribution in [2.75, 3.05) is 18.4 Å². The SMILES string of the molecule is Cc1nsc(NC2CCN(S(=O)(=O)C(C)(C)C)CC2)n1. The van der Waals surface area contributed by atoms with E-state index in [4.69, 9.17) is 0 Å². The van der Waals surface area contributed by atoms with Gasteiger partial charge in [0.25, 0.3) is 0 Å². The molecule has 114 valence electrons. The Hall–Kier alpha value is -0.730. The molecule has 0 atom stereocenters. The summed E-state index contributed by atoms with van der Waals surface area (Å²) in [6.07, 6.45) is 1.60. The van der Waals surface area contributed by atoms with Crippen LogP contribution in [0.25, 0.3) is 0 Å². The minimum Gasteiger partial charge on any atom is -0.357 e. The fourth-order valence-corrected chi connectivity index (χ4v) is 4.28. The van der Waals surface area contributed by atoms with Gasteiger partial charge in [-0.25, -0.2) is 17.7 Å². The first-order valence-electron chi connectivity index (χ1n) is 6.77. The molecule has 1 aromatic rings. The summed E-state index contributed by atoms with van der Waals surface area (Å²) in [6, 6.07) is 0.272. The summed E-state index contributed by atoms with van der Waals surface area (Å²) < 4.78 is 29.7. The molecule has 0 amide bonds. The molecule has 0 saturated carbocycles. The van der Waals surface area contributed by atoms with E-state index >= 15 is 0 Å². The molecule has 0 spiro atoms. The Morgan fingerprint density at radius 1 is 1.30 bits per heavy atom. The van der Waals surface area contributed by atoms with Crippen molar-refractivity contribution in [3.05, 3.63) is 5.82 Å². The van der Waals surface area contributed by atoms with E-state index in [2.05, 4.69) is 14.7 Å². The topological polar surface area (TPSA) is 75.2 Å². The molecule has 1 aromatic heterocycles. The summed E-state index contributed by atoms with van der Waals surface area (Å²) in [5.74, 6) is 0.769. The predicted octanol–water partition coefficient (Wildman–Crippen LogP) is 1.85. The number of aromatic nitrogens is 2. The van der Waals surface area contributed by atoms with Gasteiger partial charge in [0.15, 0.2) is 0 Å². The van der Waals surface area contributed by atoms with Crippen molar-refractivity contribution >= 4 is 26.7 Å². The van der Waals surface area contributed by atoms with E-state index in [-0.39, 0.29) is 6.04 Å². The van der Waals surface area contributed by atoms with Gasteiger partial charge in [0, 0.05) is 30.7 Å². The second kappa shape index (κ2) is 5.57. The number of piperidine rings is 1. The van der Waals surface area contributed by atoms with Crippen molar-refractivity contribution in [1.29, 1.82) is 0 Å². The van der Waals surface area contributed by atoms with Crippen LogP contribution in [0.4, 0.5) is 5.13 Å². The Balaban J connectivity index is 1.93. The number of nitrogens with zero attached hydrogens (tertiary/aromatic N) is 3. The molecular weight excluding hydrogens is 296 g/mol. The second-order valence-electron chi connectivity index (χ2n) is 6.08. The fourth-order valence-electron chi connectivity index (χ4n) is 2.16. The van der Waals surface area contributed by atoms with Crippen molar-refractivity contribution in [2.24, 2.45) is 0 Å². The molecule has 0 bridgehead atoms. The van der Waals surface area contributed by atoms with E-state index < -0.39 is 14.8 Å². The third-order valence-electron chi connectivity index (χ3n) is 3.42. The van der Waals surface area contributed by atoms with Crippen LogP contribution in [-0.2, 0) is 10.0 Å². The molecule has 0 aromatic carbocycles. The second-order valence-corrected chi connectivity index (χ2v) is 9.52. The molecule has 1 N–H and O–H groups in total. The van der Waals surface area contributed by atoms with Gasteiger partial charge in [0.1, 0.15) is 5.82 Å². The Labute approximate surface area is 124 Å². The van der Waals surface area contributed by atoms with Gasteiger partial charge in [-0.15, -0.1) is 0 Å². The Morgan fingerprint density at radius 2 is 1.90 bits per heavy atom. The molecule has 1 saturated heterocycles. The van der Waals surface area contributed by atoms with Crippen molar-refractivity contribution in [3.63, 3.8) is 0 Å². The summed E-state index contributed by atoms with van der Waals surface area (Å²) >= 11 is 1.35. The molecule has 20 heavy (non-hydrogen) atoms. The van der Waals surface area contributed by atoms with Crippen molar-refractivity contribution < 1.29 is 8.42 Å². The normalized spacial score (nSPS) is 19.2. The minimum atomic E-state index is -3.21. The van der Waals surface area contributed by atoms with E-state index in [9.17, 15) is 8.42 Å². The van der Waals surface area contributed by atoms with Crippen LogP contribution in [0.1, 0.15) is 39.4 Å². The lowest BCUT2D eigenvalue weighted by atomic mass is 10.1. The first kappa shape index (κ1) is 15.7. The highest BCUT2D eigenvalue weighted by molar-refractivity contribution is 7.90. The van der Waals surface area contributed by atoms with Crippen molar-refractivity contribution in [1.82, 2.24) is 13.7 Å². The van der Waals surface area contributed by atoms with Gasteiger partial charge in [-0.2, -0.15) is 4.37 Å². The van der Waals surface area contributed by atoms with E-state index in [0.717, 1.165) is 23.8 Å². The average Bonchev–Trinajstić information content (AvgIpc) is 2.74. The van der Waals surface area contributed by atoms with Crippen LogP contribution >= 0.6 is 11.5 Å². The fraction of sp³-hybridized carbons (Fsp3) is 0.833. The summed E-state index contributed by atoms with van der Waals surface area (Å²) in [4.78, 5) is 4.28. The van der Waals surface area contributed by atoms with Gasteiger partial charge in [-0.05, 0) is 40.5 Å². The maximum Gasteiger partial charge on any atom is 0.219 e. The Kier molecular flexibility index (Phi) is 4.36. The first-order valence-corrected chi connectivity index (χ1v) is 8.98. The lowest BCUT2D eigenvalue weighted by Gasteiger charge is -2.35.